The Bertz CT molecular complexity index is 497. The van der Waals surface area contributed by atoms with E-state index in [-0.39, 0.29) is 16.9 Å². The molecule has 1 aromatic carbocycles. The summed E-state index contributed by atoms with van der Waals surface area (Å²) in [6, 6.07) is 4.39. The lowest BCUT2D eigenvalue weighted by atomic mass is 9.82. The highest BCUT2D eigenvalue weighted by Gasteiger charge is 2.37. The number of halogens is 1. The monoisotopic (exact) mass is 279 g/mol. The van der Waals surface area contributed by atoms with Crippen molar-refractivity contribution in [1.82, 2.24) is 4.90 Å². The second kappa shape index (κ2) is 5.81. The van der Waals surface area contributed by atoms with E-state index in [1.807, 2.05) is 0 Å². The predicted octanol–water partition coefficient (Wildman–Crippen LogP) is 3.49. The molecule has 0 saturated carbocycles. The minimum absolute atomic E-state index is 0.133. The predicted molar refractivity (Wildman–Crippen MR) is 76.5 cm³/mol. The van der Waals surface area contributed by atoms with E-state index in [9.17, 15) is 9.18 Å². The summed E-state index contributed by atoms with van der Waals surface area (Å²) < 4.78 is 18.9. The summed E-state index contributed by atoms with van der Waals surface area (Å²) >= 11 is 0. The molecule has 1 aromatic rings. The van der Waals surface area contributed by atoms with Gasteiger partial charge < -0.3 is 9.64 Å². The number of likely N-dealkylation sites (tertiary alicyclic amines) is 1. The zero-order chi connectivity index (χ0) is 14.8. The molecule has 1 aliphatic heterocycles. The quantitative estimate of drug-likeness (QED) is 0.844. The highest BCUT2D eigenvalue weighted by Crippen LogP contribution is 2.37. The van der Waals surface area contributed by atoms with Gasteiger partial charge in [0.1, 0.15) is 11.6 Å². The fraction of sp³-hybridized carbons (Fsp3) is 0.562. The first-order chi connectivity index (χ1) is 9.55. The van der Waals surface area contributed by atoms with Gasteiger partial charge in [0.05, 0.1) is 12.7 Å². The van der Waals surface area contributed by atoms with Crippen molar-refractivity contribution in [2.75, 3.05) is 20.2 Å². The molecule has 0 aromatic heterocycles. The Kier molecular flexibility index (Phi) is 4.31. The van der Waals surface area contributed by atoms with Crippen molar-refractivity contribution in [3.63, 3.8) is 0 Å². The standard InChI is InChI=1S/C16H22FNO2/c1-4-16(5-2)8-9-18(11-16)15(19)13-7-6-12(20-3)10-14(13)17/h6-7,10H,4-5,8-9,11H2,1-3H3. The molecule has 0 N–H and O–H groups in total. The van der Waals surface area contributed by atoms with Crippen LogP contribution in [0, 0.1) is 11.2 Å². The van der Waals surface area contributed by atoms with E-state index in [1.54, 1.807) is 11.0 Å². The van der Waals surface area contributed by atoms with E-state index in [0.717, 1.165) is 25.8 Å². The fourth-order valence-electron chi connectivity index (χ4n) is 2.90. The smallest absolute Gasteiger partial charge is 0.256 e. The van der Waals surface area contributed by atoms with Gasteiger partial charge >= 0.3 is 0 Å². The minimum atomic E-state index is -0.514. The zero-order valence-electron chi connectivity index (χ0n) is 12.4. The van der Waals surface area contributed by atoms with Gasteiger partial charge in [-0.15, -0.1) is 0 Å². The number of nitrogens with zero attached hydrogens (tertiary/aromatic N) is 1. The summed E-state index contributed by atoms with van der Waals surface area (Å²) in [6.07, 6.45) is 3.11. The molecule has 0 atom stereocenters. The van der Waals surface area contributed by atoms with Gasteiger partial charge in [-0.25, -0.2) is 4.39 Å². The second-order valence-corrected chi connectivity index (χ2v) is 5.53. The van der Waals surface area contributed by atoms with Crippen LogP contribution in [0.5, 0.6) is 5.75 Å². The van der Waals surface area contributed by atoms with Crippen molar-refractivity contribution in [3.8, 4) is 5.75 Å². The van der Waals surface area contributed by atoms with Gasteiger partial charge in [-0.05, 0) is 36.8 Å². The molecule has 110 valence electrons. The molecule has 0 unspecified atom stereocenters. The van der Waals surface area contributed by atoms with E-state index in [4.69, 9.17) is 4.74 Å². The van der Waals surface area contributed by atoms with Crippen LogP contribution in [-0.4, -0.2) is 31.0 Å². The number of carbonyl (C=O) groups is 1. The first-order valence-corrected chi connectivity index (χ1v) is 7.18. The highest BCUT2D eigenvalue weighted by atomic mass is 19.1. The third kappa shape index (κ3) is 2.65. The topological polar surface area (TPSA) is 29.5 Å². The lowest BCUT2D eigenvalue weighted by Gasteiger charge is -2.26. The van der Waals surface area contributed by atoms with Gasteiger partial charge in [0.15, 0.2) is 0 Å². The molecular formula is C16H22FNO2. The van der Waals surface area contributed by atoms with Crippen molar-refractivity contribution >= 4 is 5.91 Å². The molecule has 1 amide bonds. The summed E-state index contributed by atoms with van der Waals surface area (Å²) in [5, 5.41) is 0. The number of rotatable bonds is 4. The molecule has 2 rings (SSSR count). The van der Waals surface area contributed by atoms with Crippen LogP contribution in [-0.2, 0) is 0 Å². The van der Waals surface area contributed by atoms with Crippen molar-refractivity contribution in [2.24, 2.45) is 5.41 Å². The maximum atomic E-state index is 14.0. The average Bonchev–Trinajstić information content (AvgIpc) is 2.91. The molecule has 0 spiro atoms. The lowest BCUT2D eigenvalue weighted by molar-refractivity contribution is 0.0765. The van der Waals surface area contributed by atoms with E-state index in [2.05, 4.69) is 13.8 Å². The number of amides is 1. The Balaban J connectivity index is 2.17. The Morgan fingerprint density at radius 2 is 2.10 bits per heavy atom. The van der Waals surface area contributed by atoms with Crippen LogP contribution >= 0.6 is 0 Å². The molecule has 1 fully saturated rings. The van der Waals surface area contributed by atoms with Crippen LogP contribution < -0.4 is 4.74 Å². The normalized spacial score (nSPS) is 17.3. The molecule has 20 heavy (non-hydrogen) atoms. The third-order valence-electron chi connectivity index (χ3n) is 4.63. The van der Waals surface area contributed by atoms with E-state index < -0.39 is 5.82 Å². The molecule has 0 radical (unpaired) electrons. The van der Waals surface area contributed by atoms with Crippen LogP contribution in [0.15, 0.2) is 18.2 Å². The first kappa shape index (κ1) is 14.8. The van der Waals surface area contributed by atoms with Gasteiger partial charge in [0.25, 0.3) is 5.91 Å². The second-order valence-electron chi connectivity index (χ2n) is 5.53. The number of carbonyl (C=O) groups excluding carboxylic acids is 1. The number of benzene rings is 1. The molecule has 3 nitrogen and oxygen atoms in total. The molecule has 0 bridgehead atoms. The summed E-state index contributed by atoms with van der Waals surface area (Å²) in [5.74, 6) is -0.300. The highest BCUT2D eigenvalue weighted by molar-refractivity contribution is 5.94. The maximum absolute atomic E-state index is 14.0. The summed E-state index contributed by atoms with van der Waals surface area (Å²) in [6.45, 7) is 5.76. The van der Waals surface area contributed by atoms with Gasteiger partial charge in [0, 0.05) is 19.2 Å². The number of hydrogen-bond donors (Lipinski definition) is 0. The van der Waals surface area contributed by atoms with Crippen molar-refractivity contribution < 1.29 is 13.9 Å². The van der Waals surface area contributed by atoms with E-state index in [0.29, 0.717) is 12.3 Å². The third-order valence-corrected chi connectivity index (χ3v) is 4.63. The number of hydrogen-bond acceptors (Lipinski definition) is 2. The van der Waals surface area contributed by atoms with Crippen LogP contribution in [0.3, 0.4) is 0 Å². The largest absolute Gasteiger partial charge is 0.497 e. The molecule has 0 aliphatic carbocycles. The van der Waals surface area contributed by atoms with Crippen LogP contribution in [0.25, 0.3) is 0 Å². The summed E-state index contributed by atoms with van der Waals surface area (Å²) in [4.78, 5) is 14.2. The van der Waals surface area contributed by atoms with Gasteiger partial charge in [-0.2, -0.15) is 0 Å². The van der Waals surface area contributed by atoms with Crippen LogP contribution in [0.1, 0.15) is 43.5 Å². The molecule has 1 aliphatic rings. The van der Waals surface area contributed by atoms with Crippen molar-refractivity contribution in [2.45, 2.75) is 33.1 Å². The average molecular weight is 279 g/mol. The SMILES string of the molecule is CCC1(CC)CCN(C(=O)c2ccc(OC)cc2F)C1. The number of methoxy groups -OCH3 is 1. The zero-order valence-corrected chi connectivity index (χ0v) is 12.4. The summed E-state index contributed by atoms with van der Waals surface area (Å²) in [5.41, 5.74) is 0.340. The van der Waals surface area contributed by atoms with Crippen molar-refractivity contribution in [3.05, 3.63) is 29.6 Å². The van der Waals surface area contributed by atoms with Gasteiger partial charge in [-0.3, -0.25) is 4.79 Å². The molecule has 1 saturated heterocycles. The van der Waals surface area contributed by atoms with Gasteiger partial charge in [-0.1, -0.05) is 13.8 Å². The van der Waals surface area contributed by atoms with Crippen LogP contribution in [0.2, 0.25) is 0 Å². The number of ether oxygens (including phenoxy) is 1. The Morgan fingerprint density at radius 3 is 2.60 bits per heavy atom. The molecule has 1 heterocycles. The van der Waals surface area contributed by atoms with E-state index in [1.165, 1.54) is 19.2 Å². The van der Waals surface area contributed by atoms with Crippen LogP contribution in [0.4, 0.5) is 4.39 Å². The Morgan fingerprint density at radius 1 is 1.40 bits per heavy atom. The minimum Gasteiger partial charge on any atom is -0.497 e. The maximum Gasteiger partial charge on any atom is 0.256 e. The Labute approximate surface area is 119 Å². The molecule has 4 heteroatoms. The Hall–Kier alpha value is -1.58. The van der Waals surface area contributed by atoms with E-state index >= 15 is 0 Å². The fourth-order valence-corrected chi connectivity index (χ4v) is 2.90. The summed E-state index contributed by atoms with van der Waals surface area (Å²) in [7, 11) is 1.48. The van der Waals surface area contributed by atoms with Crippen molar-refractivity contribution in [1.29, 1.82) is 0 Å². The molecular weight excluding hydrogens is 257 g/mol. The van der Waals surface area contributed by atoms with Gasteiger partial charge in [0.2, 0.25) is 0 Å². The first-order valence-electron chi connectivity index (χ1n) is 7.18. The lowest BCUT2D eigenvalue weighted by Crippen LogP contribution is -2.32.